The van der Waals surface area contributed by atoms with E-state index in [2.05, 4.69) is 20.4 Å². The van der Waals surface area contributed by atoms with Gasteiger partial charge in [0.05, 0.1) is 16.9 Å². The summed E-state index contributed by atoms with van der Waals surface area (Å²) >= 11 is -3.05. The van der Waals surface area contributed by atoms with Gasteiger partial charge in [0.1, 0.15) is 24.3 Å². The van der Waals surface area contributed by atoms with Gasteiger partial charge < -0.3 is 13.7 Å². The molecule has 0 fully saturated rings. The lowest BCUT2D eigenvalue weighted by Gasteiger charge is -2.11. The van der Waals surface area contributed by atoms with Crippen LogP contribution in [0.2, 0.25) is 0 Å². The van der Waals surface area contributed by atoms with Crippen molar-refractivity contribution in [2.24, 2.45) is 0 Å². The summed E-state index contributed by atoms with van der Waals surface area (Å²) in [7, 11) is 0. The number of ether oxygens (including phenoxy) is 1. The first-order chi connectivity index (χ1) is 17.4. The van der Waals surface area contributed by atoms with Gasteiger partial charge in [0.2, 0.25) is 5.89 Å². The maximum Gasteiger partial charge on any atom is 0.578 e. The molecule has 4 rings (SSSR count). The van der Waals surface area contributed by atoms with Crippen LogP contribution in [0, 0.1) is 0 Å². The van der Waals surface area contributed by atoms with Crippen LogP contribution in [0.3, 0.4) is 0 Å². The summed E-state index contributed by atoms with van der Waals surface area (Å²) in [5.41, 5.74) is -1.36. The fourth-order valence-electron chi connectivity index (χ4n) is 3.36. The molecule has 0 aliphatic carbocycles. The Balaban J connectivity index is 1.21. The molecule has 2 heterocycles. The molecule has 1 unspecified atom stereocenters. The Morgan fingerprint density at radius 2 is 1.72 bits per heavy atom. The van der Waals surface area contributed by atoms with Crippen LogP contribution < -0.4 is 4.74 Å². The van der Waals surface area contributed by atoms with Crippen molar-refractivity contribution in [3.05, 3.63) is 89.4 Å². The topological polar surface area (TPSA) is 99.9 Å². The third-order valence-electron chi connectivity index (χ3n) is 5.22. The Morgan fingerprint density at radius 1 is 0.972 bits per heavy atom. The highest BCUT2D eigenvalue weighted by atomic mass is 32.2. The van der Waals surface area contributed by atoms with E-state index in [0.29, 0.717) is 17.1 Å². The second-order valence-corrected chi connectivity index (χ2v) is 9.37. The predicted octanol–water partition coefficient (Wildman–Crippen LogP) is 5.73. The van der Waals surface area contributed by atoms with Gasteiger partial charge in [-0.15, -0.1) is 18.3 Å². The van der Waals surface area contributed by atoms with Gasteiger partial charge in [0, 0.05) is 12.3 Å². The Hall–Kier alpha value is -3.57. The van der Waals surface area contributed by atoms with E-state index in [9.17, 15) is 17.7 Å². The number of oxazole rings is 1. The molecular formula is C25H23F3N4O3S. The number of benzene rings is 2. The summed E-state index contributed by atoms with van der Waals surface area (Å²) in [5.74, 6) is 1.05. The number of aromatic amines is 1. The summed E-state index contributed by atoms with van der Waals surface area (Å²) < 4.78 is 60.2. The van der Waals surface area contributed by atoms with E-state index in [1.54, 1.807) is 12.2 Å². The molecule has 0 saturated heterocycles. The highest BCUT2D eigenvalue weighted by Crippen LogP contribution is 2.30. The normalized spacial score (nSPS) is 12.8. The van der Waals surface area contributed by atoms with Gasteiger partial charge in [-0.2, -0.15) is 0 Å². The fraction of sp³-hybridized carbons (Fsp3) is 0.240. The van der Waals surface area contributed by atoms with Crippen LogP contribution in [-0.2, 0) is 30.6 Å². The van der Waals surface area contributed by atoms with Crippen molar-refractivity contribution in [3.63, 3.8) is 0 Å². The second kappa shape index (κ2) is 11.9. The van der Waals surface area contributed by atoms with Crippen molar-refractivity contribution in [2.45, 2.75) is 42.7 Å². The van der Waals surface area contributed by atoms with Crippen LogP contribution in [-0.4, -0.2) is 30.5 Å². The van der Waals surface area contributed by atoms with E-state index >= 15 is 0 Å². The molecule has 0 aliphatic rings. The third kappa shape index (κ3) is 7.46. The maximum atomic E-state index is 12.5. The van der Waals surface area contributed by atoms with E-state index < -0.39 is 16.7 Å². The molecule has 2 aromatic carbocycles. The van der Waals surface area contributed by atoms with Crippen molar-refractivity contribution in [1.82, 2.24) is 20.4 Å². The van der Waals surface area contributed by atoms with Gasteiger partial charge >= 0.3 is 5.51 Å². The maximum absolute atomic E-state index is 12.5. The largest absolute Gasteiger partial charge is 0.604 e. The molecule has 1 N–H and O–H groups in total. The summed E-state index contributed by atoms with van der Waals surface area (Å²) in [6.45, 7) is 0.229. The van der Waals surface area contributed by atoms with Crippen LogP contribution in [0.4, 0.5) is 13.2 Å². The first-order valence-corrected chi connectivity index (χ1v) is 12.3. The SMILES string of the molecule is [O-][S+](c1ccc(/C=C/c2nc(COc3ccc(CCCCc4c[nH]nn4)cc3)co2)cc1)C(F)(F)F. The van der Waals surface area contributed by atoms with Crippen molar-refractivity contribution in [3.8, 4) is 5.75 Å². The van der Waals surface area contributed by atoms with Crippen LogP contribution in [0.25, 0.3) is 12.2 Å². The van der Waals surface area contributed by atoms with Crippen LogP contribution in [0.15, 0.2) is 70.3 Å². The molecule has 0 aliphatic heterocycles. The summed E-state index contributed by atoms with van der Waals surface area (Å²) in [6, 6.07) is 13.2. The van der Waals surface area contributed by atoms with Gasteiger partial charge in [-0.1, -0.05) is 17.3 Å². The van der Waals surface area contributed by atoms with Crippen LogP contribution in [0.5, 0.6) is 5.75 Å². The smallest absolute Gasteiger partial charge is 0.578 e. The molecule has 36 heavy (non-hydrogen) atoms. The molecule has 4 aromatic rings. The number of unbranched alkanes of at least 4 members (excludes halogenated alkanes) is 1. The van der Waals surface area contributed by atoms with E-state index in [4.69, 9.17) is 9.15 Å². The van der Waals surface area contributed by atoms with Crippen LogP contribution in [0.1, 0.15) is 41.2 Å². The Morgan fingerprint density at radius 3 is 2.42 bits per heavy atom. The molecule has 0 radical (unpaired) electrons. The third-order valence-corrected chi connectivity index (χ3v) is 6.34. The summed E-state index contributed by atoms with van der Waals surface area (Å²) in [6.07, 6.45) is 10.5. The predicted molar refractivity (Wildman–Crippen MR) is 128 cm³/mol. The number of hydrogen-bond donors (Lipinski definition) is 1. The number of hydrogen-bond acceptors (Lipinski definition) is 6. The minimum Gasteiger partial charge on any atom is -0.604 e. The van der Waals surface area contributed by atoms with Gasteiger partial charge in [0.15, 0.2) is 4.90 Å². The molecule has 2 aromatic heterocycles. The molecule has 11 heteroatoms. The Kier molecular flexibility index (Phi) is 8.44. The second-order valence-electron chi connectivity index (χ2n) is 7.90. The van der Waals surface area contributed by atoms with E-state index in [1.165, 1.54) is 36.1 Å². The molecular weight excluding hydrogens is 493 g/mol. The summed E-state index contributed by atoms with van der Waals surface area (Å²) in [5, 5.41) is 10.4. The number of halogens is 3. The number of aryl methyl sites for hydroxylation is 2. The fourth-order valence-corrected chi connectivity index (χ4v) is 4.01. The number of aromatic nitrogens is 4. The zero-order chi connectivity index (χ0) is 25.4. The molecule has 188 valence electrons. The Labute approximate surface area is 208 Å². The summed E-state index contributed by atoms with van der Waals surface area (Å²) in [4.78, 5) is 4.02. The Bertz CT molecular complexity index is 1240. The quantitative estimate of drug-likeness (QED) is 0.202. The first kappa shape index (κ1) is 25.5. The average Bonchev–Trinajstić information content (AvgIpc) is 3.56. The number of rotatable bonds is 11. The van der Waals surface area contributed by atoms with Gasteiger partial charge in [-0.05, 0) is 79.3 Å². The minimum atomic E-state index is -4.78. The molecule has 0 amide bonds. The lowest BCUT2D eigenvalue weighted by Crippen LogP contribution is -2.23. The molecule has 0 saturated carbocycles. The lowest BCUT2D eigenvalue weighted by molar-refractivity contribution is -0.0435. The highest BCUT2D eigenvalue weighted by Gasteiger charge is 2.45. The van der Waals surface area contributed by atoms with E-state index in [-0.39, 0.29) is 11.5 Å². The monoisotopic (exact) mass is 516 g/mol. The van der Waals surface area contributed by atoms with Gasteiger partial charge in [-0.25, -0.2) is 4.98 Å². The highest BCUT2D eigenvalue weighted by molar-refractivity contribution is 7.92. The molecule has 0 spiro atoms. The lowest BCUT2D eigenvalue weighted by atomic mass is 10.1. The van der Waals surface area contributed by atoms with Crippen molar-refractivity contribution < 1.29 is 26.9 Å². The van der Waals surface area contributed by atoms with Crippen LogP contribution >= 0.6 is 0 Å². The van der Waals surface area contributed by atoms with E-state index in [1.807, 2.05) is 30.5 Å². The zero-order valence-corrected chi connectivity index (χ0v) is 19.9. The average molecular weight is 517 g/mol. The number of H-pyrrole nitrogens is 1. The number of nitrogens with zero attached hydrogens (tertiary/aromatic N) is 3. The molecule has 7 nitrogen and oxygen atoms in total. The number of alkyl halides is 3. The number of nitrogens with one attached hydrogen (secondary N) is 1. The minimum absolute atomic E-state index is 0.229. The van der Waals surface area contributed by atoms with E-state index in [0.717, 1.165) is 37.1 Å². The van der Waals surface area contributed by atoms with Crippen molar-refractivity contribution in [2.75, 3.05) is 0 Å². The molecule has 0 bridgehead atoms. The zero-order valence-electron chi connectivity index (χ0n) is 19.1. The van der Waals surface area contributed by atoms with Gasteiger partial charge in [0.25, 0.3) is 0 Å². The van der Waals surface area contributed by atoms with Crippen molar-refractivity contribution in [1.29, 1.82) is 0 Å². The van der Waals surface area contributed by atoms with Crippen molar-refractivity contribution >= 4 is 23.3 Å². The molecule has 1 atom stereocenters. The standard InChI is InChI=1S/C25H23F3N4O3S/c26-25(27,28)36(33)23-12-7-19(8-13-23)9-14-24-30-21(17-35-24)16-34-22-10-5-18(6-11-22)3-1-2-4-20-15-29-32-31-20/h5-15,17H,1-4,16H2,(H,29,31,32)/b14-9+. The first-order valence-electron chi connectivity index (χ1n) is 11.1. The van der Waals surface area contributed by atoms with Gasteiger partial charge in [-0.3, -0.25) is 5.10 Å².